The van der Waals surface area contributed by atoms with E-state index in [9.17, 15) is 0 Å². The number of aromatic nitrogens is 2. The van der Waals surface area contributed by atoms with Crippen LogP contribution in [0, 0.1) is 0 Å². The summed E-state index contributed by atoms with van der Waals surface area (Å²) in [6.45, 7) is 5.97. The molecule has 0 bridgehead atoms. The number of fused-ring (bicyclic) bond motifs is 1. The highest BCUT2D eigenvalue weighted by Gasteiger charge is 2.19. The van der Waals surface area contributed by atoms with Gasteiger partial charge in [0.25, 0.3) is 0 Å². The van der Waals surface area contributed by atoms with E-state index >= 15 is 0 Å². The largest absolute Gasteiger partial charge is 0.454 e. The maximum Gasteiger partial charge on any atom is 0.231 e. The van der Waals surface area contributed by atoms with E-state index in [-0.39, 0.29) is 30.8 Å². The lowest BCUT2D eigenvalue weighted by Crippen LogP contribution is -2.38. The second kappa shape index (κ2) is 9.82. The Bertz CT molecular complexity index is 853. The Balaban J connectivity index is 0.00000280. The van der Waals surface area contributed by atoms with Gasteiger partial charge in [0, 0.05) is 46.0 Å². The third kappa shape index (κ3) is 5.11. The first-order chi connectivity index (χ1) is 12.9. The molecule has 3 rings (SSSR count). The maximum absolute atomic E-state index is 5.49. The van der Waals surface area contributed by atoms with E-state index in [1.54, 1.807) is 7.05 Å². The molecule has 0 spiro atoms. The summed E-state index contributed by atoms with van der Waals surface area (Å²) >= 11 is 3.54. The minimum atomic E-state index is 0. The van der Waals surface area contributed by atoms with Crippen molar-refractivity contribution in [1.82, 2.24) is 20.0 Å². The van der Waals surface area contributed by atoms with Gasteiger partial charge in [-0.1, -0.05) is 13.8 Å². The quantitative estimate of drug-likeness (QED) is 0.340. The summed E-state index contributed by atoms with van der Waals surface area (Å²) in [5.41, 5.74) is 3.42. The molecule has 0 saturated heterocycles. The van der Waals surface area contributed by atoms with Crippen LogP contribution in [0.25, 0.3) is 0 Å². The van der Waals surface area contributed by atoms with Crippen molar-refractivity contribution in [3.8, 4) is 11.5 Å². The molecule has 0 radical (unpaired) electrons. The molecule has 2 aromatic rings. The van der Waals surface area contributed by atoms with Crippen LogP contribution in [0.4, 0.5) is 0 Å². The van der Waals surface area contributed by atoms with E-state index in [2.05, 4.69) is 56.3 Å². The topological polar surface area (TPSA) is 63.9 Å². The number of guanidine groups is 1. The molecule has 28 heavy (non-hydrogen) atoms. The highest BCUT2D eigenvalue weighted by atomic mass is 127. The van der Waals surface area contributed by atoms with E-state index < -0.39 is 0 Å². The predicted molar refractivity (Wildman–Crippen MR) is 125 cm³/mol. The lowest BCUT2D eigenvalue weighted by atomic mass is 10.1. The molecule has 1 aromatic heterocycles. The zero-order chi connectivity index (χ0) is 19.6. The van der Waals surface area contributed by atoms with Gasteiger partial charge in [0.2, 0.25) is 6.79 Å². The average Bonchev–Trinajstić information content (AvgIpc) is 3.22. The summed E-state index contributed by atoms with van der Waals surface area (Å²) in [4.78, 5) is 6.51. The smallest absolute Gasteiger partial charge is 0.231 e. The average molecular weight is 564 g/mol. The minimum Gasteiger partial charge on any atom is -0.454 e. The SMILES string of the molecule is CN=C(NCc1cc(Br)c2c(c1)OCO2)N(C)Cc1cn(C)nc1C(C)C.I. The van der Waals surface area contributed by atoms with Crippen LogP contribution in [0.15, 0.2) is 27.8 Å². The molecule has 2 heterocycles. The number of nitrogens with one attached hydrogen (secondary N) is 1. The fourth-order valence-corrected chi connectivity index (χ4v) is 3.79. The molecular formula is C19H27BrIN5O2. The Morgan fingerprint density at radius 1 is 1.39 bits per heavy atom. The van der Waals surface area contributed by atoms with Gasteiger partial charge in [-0.05, 0) is 39.5 Å². The molecule has 1 aliphatic rings. The predicted octanol–water partition coefficient (Wildman–Crippen LogP) is 3.86. The van der Waals surface area contributed by atoms with Crippen LogP contribution >= 0.6 is 39.9 Å². The van der Waals surface area contributed by atoms with Gasteiger partial charge in [-0.15, -0.1) is 24.0 Å². The molecule has 1 N–H and O–H groups in total. The highest BCUT2D eigenvalue weighted by molar-refractivity contribution is 14.0. The number of nitrogens with zero attached hydrogens (tertiary/aromatic N) is 4. The number of rotatable bonds is 5. The Morgan fingerprint density at radius 3 is 2.82 bits per heavy atom. The monoisotopic (exact) mass is 563 g/mol. The van der Waals surface area contributed by atoms with E-state index in [0.29, 0.717) is 12.5 Å². The van der Waals surface area contributed by atoms with Gasteiger partial charge in [0.05, 0.1) is 10.2 Å². The van der Waals surface area contributed by atoms with Gasteiger partial charge in [-0.25, -0.2) is 0 Å². The molecule has 7 nitrogen and oxygen atoms in total. The third-order valence-electron chi connectivity index (χ3n) is 4.40. The zero-order valence-electron chi connectivity index (χ0n) is 16.8. The van der Waals surface area contributed by atoms with Gasteiger partial charge in [0.15, 0.2) is 17.5 Å². The first-order valence-corrected chi connectivity index (χ1v) is 9.70. The molecule has 1 aliphatic heterocycles. The van der Waals surface area contributed by atoms with Crippen molar-refractivity contribution in [2.75, 3.05) is 20.9 Å². The lowest BCUT2D eigenvalue weighted by Gasteiger charge is -2.22. The number of hydrogen-bond acceptors (Lipinski definition) is 4. The molecule has 0 unspecified atom stereocenters. The van der Waals surface area contributed by atoms with Gasteiger partial charge in [-0.2, -0.15) is 5.10 Å². The second-order valence-corrected chi connectivity index (χ2v) is 7.79. The van der Waals surface area contributed by atoms with Gasteiger partial charge in [-0.3, -0.25) is 9.67 Å². The maximum atomic E-state index is 5.49. The summed E-state index contributed by atoms with van der Waals surface area (Å²) in [5, 5.41) is 7.99. The van der Waals surface area contributed by atoms with E-state index in [0.717, 1.165) is 39.7 Å². The highest BCUT2D eigenvalue weighted by Crippen LogP contribution is 2.39. The van der Waals surface area contributed by atoms with Gasteiger partial charge < -0.3 is 19.7 Å². The van der Waals surface area contributed by atoms with Crippen molar-refractivity contribution >= 4 is 45.9 Å². The zero-order valence-corrected chi connectivity index (χ0v) is 20.7. The minimum absolute atomic E-state index is 0. The van der Waals surface area contributed by atoms with Crippen molar-refractivity contribution < 1.29 is 9.47 Å². The van der Waals surface area contributed by atoms with E-state index in [1.165, 1.54) is 5.56 Å². The van der Waals surface area contributed by atoms with E-state index in [1.807, 2.05) is 30.9 Å². The van der Waals surface area contributed by atoms with Crippen LogP contribution in [0.5, 0.6) is 11.5 Å². The van der Waals surface area contributed by atoms with Crippen LogP contribution in [0.1, 0.15) is 36.6 Å². The first kappa shape index (κ1) is 22.8. The fraction of sp³-hybridized carbons (Fsp3) is 0.474. The number of aliphatic imine (C=N–C) groups is 1. The molecule has 1 aromatic carbocycles. The normalized spacial score (nSPS) is 12.9. The van der Waals surface area contributed by atoms with Crippen LogP contribution in [-0.2, 0) is 20.1 Å². The summed E-state index contributed by atoms with van der Waals surface area (Å²) in [6.07, 6.45) is 2.08. The van der Waals surface area contributed by atoms with Crippen molar-refractivity contribution in [1.29, 1.82) is 0 Å². The summed E-state index contributed by atoms with van der Waals surface area (Å²) in [7, 11) is 5.78. The third-order valence-corrected chi connectivity index (χ3v) is 4.99. The van der Waals surface area contributed by atoms with Crippen LogP contribution < -0.4 is 14.8 Å². The molecule has 154 valence electrons. The van der Waals surface area contributed by atoms with Crippen LogP contribution in [0.3, 0.4) is 0 Å². The second-order valence-electron chi connectivity index (χ2n) is 6.94. The number of ether oxygens (including phenoxy) is 2. The van der Waals surface area contributed by atoms with Crippen molar-refractivity contribution in [3.05, 3.63) is 39.6 Å². The number of benzene rings is 1. The Kier molecular flexibility index (Phi) is 7.99. The lowest BCUT2D eigenvalue weighted by molar-refractivity contribution is 0.173. The standard InChI is InChI=1S/C19H26BrN5O2.HI/c1-12(2)17-14(10-25(5)23-17)9-24(4)19(21-3)22-8-13-6-15(20)18-16(7-13)26-11-27-18;/h6-7,10,12H,8-9,11H2,1-5H3,(H,21,22);1H. The molecule has 0 saturated carbocycles. The van der Waals surface area contributed by atoms with Crippen LogP contribution in [-0.4, -0.2) is 41.5 Å². The number of aryl methyl sites for hydroxylation is 1. The molecule has 0 aliphatic carbocycles. The summed E-state index contributed by atoms with van der Waals surface area (Å²) < 4.78 is 13.7. The fourth-order valence-electron chi connectivity index (χ4n) is 3.18. The van der Waals surface area contributed by atoms with Crippen molar-refractivity contribution in [2.24, 2.45) is 12.0 Å². The number of halogens is 2. The summed E-state index contributed by atoms with van der Waals surface area (Å²) in [5.74, 6) is 2.73. The molecule has 0 fully saturated rings. The summed E-state index contributed by atoms with van der Waals surface area (Å²) in [6, 6.07) is 4.02. The Morgan fingerprint density at radius 2 is 2.14 bits per heavy atom. The van der Waals surface area contributed by atoms with Crippen LogP contribution in [0.2, 0.25) is 0 Å². The van der Waals surface area contributed by atoms with Crippen molar-refractivity contribution in [2.45, 2.75) is 32.9 Å². The molecule has 0 atom stereocenters. The Labute approximate surface area is 191 Å². The Hall–Kier alpha value is -1.49. The van der Waals surface area contributed by atoms with Crippen molar-refractivity contribution in [3.63, 3.8) is 0 Å². The van der Waals surface area contributed by atoms with Gasteiger partial charge >= 0.3 is 0 Å². The molecule has 0 amide bonds. The number of hydrogen-bond donors (Lipinski definition) is 1. The molecular weight excluding hydrogens is 537 g/mol. The van der Waals surface area contributed by atoms with Gasteiger partial charge in [0.1, 0.15) is 0 Å². The first-order valence-electron chi connectivity index (χ1n) is 8.91. The molecule has 9 heteroatoms. The van der Waals surface area contributed by atoms with E-state index in [4.69, 9.17) is 9.47 Å².